The molecule has 3 nitrogen and oxygen atoms in total. The third-order valence-corrected chi connectivity index (χ3v) is 4.57. The average Bonchev–Trinajstić information content (AvgIpc) is 2.16. The second kappa shape index (κ2) is 5.35. The van der Waals surface area contributed by atoms with Crippen molar-refractivity contribution in [2.75, 3.05) is 18.1 Å². The van der Waals surface area contributed by atoms with Crippen molar-refractivity contribution in [2.45, 2.75) is 18.9 Å². The summed E-state index contributed by atoms with van der Waals surface area (Å²) in [5.41, 5.74) is 1.31. The summed E-state index contributed by atoms with van der Waals surface area (Å²) < 4.78 is 22.2. The lowest BCUT2D eigenvalue weighted by atomic mass is 10.1. The Morgan fingerprint density at radius 2 is 2.00 bits per heavy atom. The van der Waals surface area contributed by atoms with Crippen LogP contribution in [0.4, 0.5) is 0 Å². The van der Waals surface area contributed by atoms with E-state index in [1.807, 2.05) is 0 Å². The van der Waals surface area contributed by atoms with E-state index in [0.29, 0.717) is 24.4 Å². The highest BCUT2D eigenvalue weighted by Gasteiger charge is 2.22. The summed E-state index contributed by atoms with van der Waals surface area (Å²) in [7, 11) is -2.77. The van der Waals surface area contributed by atoms with Crippen molar-refractivity contribution in [1.29, 1.82) is 0 Å². The molecule has 1 fully saturated rings. The molecular formula is C8H13Cl2NO2S. The average molecular weight is 258 g/mol. The third-order valence-electron chi connectivity index (χ3n) is 2.23. The molecule has 1 aliphatic heterocycles. The van der Waals surface area contributed by atoms with Crippen LogP contribution in [0.3, 0.4) is 0 Å². The molecule has 1 rings (SSSR count). The molecule has 1 heterocycles. The number of hydrogen-bond donors (Lipinski definition) is 1. The Hall–Kier alpha value is 0.230. The highest BCUT2D eigenvalue weighted by molar-refractivity contribution is 7.91. The van der Waals surface area contributed by atoms with Gasteiger partial charge in [0.25, 0.3) is 0 Å². The Bertz CT molecular complexity index is 299. The molecule has 14 heavy (non-hydrogen) atoms. The summed E-state index contributed by atoms with van der Waals surface area (Å²) in [5, 5.41) is 3.70. The van der Waals surface area contributed by atoms with Crippen LogP contribution >= 0.6 is 23.2 Å². The van der Waals surface area contributed by atoms with E-state index in [0.717, 1.165) is 0 Å². The molecule has 0 aromatic heterocycles. The van der Waals surface area contributed by atoms with Crippen LogP contribution in [0.1, 0.15) is 12.8 Å². The van der Waals surface area contributed by atoms with Gasteiger partial charge in [0.2, 0.25) is 0 Å². The molecule has 0 radical (unpaired) electrons. The van der Waals surface area contributed by atoms with Crippen molar-refractivity contribution in [1.82, 2.24) is 5.32 Å². The summed E-state index contributed by atoms with van der Waals surface area (Å²) in [6.07, 6.45) is 1.32. The lowest BCUT2D eigenvalue weighted by molar-refractivity contribution is 0.481. The van der Waals surface area contributed by atoms with Crippen molar-refractivity contribution in [3.63, 3.8) is 0 Å². The molecule has 0 spiro atoms. The summed E-state index contributed by atoms with van der Waals surface area (Å²) in [4.78, 5) is 0. The van der Waals surface area contributed by atoms with E-state index in [4.69, 9.17) is 23.2 Å². The molecule has 0 unspecified atom stereocenters. The van der Waals surface area contributed by atoms with Crippen LogP contribution in [0, 0.1) is 0 Å². The van der Waals surface area contributed by atoms with Gasteiger partial charge in [-0.05, 0) is 12.8 Å². The monoisotopic (exact) mass is 257 g/mol. The Labute approximate surface area is 94.4 Å². The Kier molecular flexibility index (Phi) is 4.70. The Balaban J connectivity index is 2.30. The predicted molar refractivity (Wildman–Crippen MR) is 59.5 cm³/mol. The fourth-order valence-corrected chi connectivity index (χ4v) is 3.02. The minimum Gasteiger partial charge on any atom is -0.309 e. The maximum absolute atomic E-state index is 11.1. The maximum atomic E-state index is 11.1. The highest BCUT2D eigenvalue weighted by atomic mass is 35.5. The Morgan fingerprint density at radius 3 is 2.50 bits per heavy atom. The van der Waals surface area contributed by atoms with Gasteiger partial charge in [-0.3, -0.25) is 0 Å². The highest BCUT2D eigenvalue weighted by Crippen LogP contribution is 2.12. The first-order valence-corrected chi connectivity index (χ1v) is 7.05. The lowest BCUT2D eigenvalue weighted by Crippen LogP contribution is -2.38. The molecule has 0 bridgehead atoms. The number of rotatable bonds is 3. The molecule has 1 aliphatic rings. The fourth-order valence-electron chi connectivity index (χ4n) is 1.37. The molecule has 0 saturated carbocycles. The van der Waals surface area contributed by atoms with Gasteiger partial charge >= 0.3 is 0 Å². The van der Waals surface area contributed by atoms with Crippen molar-refractivity contribution < 1.29 is 8.42 Å². The van der Waals surface area contributed by atoms with Crippen LogP contribution in [0.15, 0.2) is 10.6 Å². The van der Waals surface area contributed by atoms with Gasteiger partial charge in [0.15, 0.2) is 0 Å². The van der Waals surface area contributed by atoms with Crippen molar-refractivity contribution in [3.05, 3.63) is 10.6 Å². The van der Waals surface area contributed by atoms with E-state index >= 15 is 0 Å². The largest absolute Gasteiger partial charge is 0.309 e. The lowest BCUT2D eigenvalue weighted by Gasteiger charge is -2.22. The number of halogens is 2. The molecule has 6 heteroatoms. The van der Waals surface area contributed by atoms with Gasteiger partial charge in [-0.25, -0.2) is 8.42 Å². The number of nitrogens with one attached hydrogen (secondary N) is 1. The smallest absolute Gasteiger partial charge is 0.150 e. The Morgan fingerprint density at radius 1 is 1.43 bits per heavy atom. The van der Waals surface area contributed by atoms with Gasteiger partial charge in [0.1, 0.15) is 9.84 Å². The van der Waals surface area contributed by atoms with E-state index in [2.05, 4.69) is 5.32 Å². The van der Waals surface area contributed by atoms with Crippen LogP contribution in [0.25, 0.3) is 0 Å². The minimum absolute atomic E-state index is 0.240. The van der Waals surface area contributed by atoms with Gasteiger partial charge in [0, 0.05) is 23.2 Å². The predicted octanol–water partition coefficient (Wildman–Crippen LogP) is 1.47. The van der Waals surface area contributed by atoms with Gasteiger partial charge in [-0.15, -0.1) is 0 Å². The molecule has 1 N–H and O–H groups in total. The quantitative estimate of drug-likeness (QED) is 0.833. The third kappa shape index (κ3) is 4.17. The summed E-state index contributed by atoms with van der Waals surface area (Å²) in [6.45, 7) is 0.510. The zero-order chi connectivity index (χ0) is 10.6. The first kappa shape index (κ1) is 12.3. The van der Waals surface area contributed by atoms with Crippen LogP contribution in [0.5, 0.6) is 0 Å². The maximum Gasteiger partial charge on any atom is 0.150 e. The summed E-state index contributed by atoms with van der Waals surface area (Å²) >= 11 is 11.1. The molecular weight excluding hydrogens is 245 g/mol. The molecule has 0 amide bonds. The van der Waals surface area contributed by atoms with Crippen molar-refractivity contribution in [3.8, 4) is 0 Å². The van der Waals surface area contributed by atoms with E-state index in [1.54, 1.807) is 0 Å². The zero-order valence-corrected chi connectivity index (χ0v) is 10.00. The van der Waals surface area contributed by atoms with Gasteiger partial charge < -0.3 is 5.32 Å². The van der Waals surface area contributed by atoms with Gasteiger partial charge in [-0.2, -0.15) is 0 Å². The first-order valence-electron chi connectivity index (χ1n) is 4.42. The van der Waals surface area contributed by atoms with Crippen molar-refractivity contribution >= 4 is 33.0 Å². The molecule has 0 aromatic carbocycles. The topological polar surface area (TPSA) is 46.2 Å². The molecule has 0 atom stereocenters. The van der Waals surface area contributed by atoms with E-state index in [-0.39, 0.29) is 17.5 Å². The standard InChI is InChI=1S/C8H13Cl2NO2S/c9-5-7(10)6-11-8-1-3-14(12,13)4-2-8/h5,8,11H,1-4,6H2. The number of hydrogen-bond acceptors (Lipinski definition) is 3. The van der Waals surface area contributed by atoms with Gasteiger partial charge in [0.05, 0.1) is 11.5 Å². The number of sulfone groups is 1. The minimum atomic E-state index is -2.77. The zero-order valence-electron chi connectivity index (χ0n) is 7.67. The van der Waals surface area contributed by atoms with Crippen LogP contribution in [-0.4, -0.2) is 32.5 Å². The van der Waals surface area contributed by atoms with E-state index in [1.165, 1.54) is 5.54 Å². The van der Waals surface area contributed by atoms with E-state index < -0.39 is 9.84 Å². The van der Waals surface area contributed by atoms with E-state index in [9.17, 15) is 8.42 Å². The second-order valence-corrected chi connectivity index (χ2v) is 6.37. The molecule has 1 saturated heterocycles. The molecule has 0 aromatic rings. The fraction of sp³-hybridized carbons (Fsp3) is 0.750. The van der Waals surface area contributed by atoms with Crippen LogP contribution < -0.4 is 5.32 Å². The summed E-state index contributed by atoms with van der Waals surface area (Å²) in [6, 6.07) is 0.240. The van der Waals surface area contributed by atoms with Gasteiger partial charge in [-0.1, -0.05) is 23.2 Å². The summed E-state index contributed by atoms with van der Waals surface area (Å²) in [5.74, 6) is 0.541. The SMILES string of the molecule is O=S1(=O)CCC(NCC(Cl)=CCl)CC1. The van der Waals surface area contributed by atoms with Crippen molar-refractivity contribution in [2.24, 2.45) is 0 Å². The molecule has 82 valence electrons. The van der Waals surface area contributed by atoms with Crippen LogP contribution in [0.2, 0.25) is 0 Å². The first-order chi connectivity index (χ1) is 6.53. The normalized spacial score (nSPS) is 23.7. The van der Waals surface area contributed by atoms with Crippen LogP contribution in [-0.2, 0) is 9.84 Å². The molecule has 0 aliphatic carbocycles. The second-order valence-electron chi connectivity index (χ2n) is 3.36.